The number of halogens is 1. The average Bonchev–Trinajstić information content (AvgIpc) is 3.22. The number of nitrogens with two attached hydrogens (primary N) is 1. The maximum Gasteiger partial charge on any atom is 0.231 e. The highest BCUT2D eigenvalue weighted by Crippen LogP contribution is 2.24. The molecule has 0 unspecified atom stereocenters. The minimum Gasteiger partial charge on any atom is -0.385 e. The summed E-state index contributed by atoms with van der Waals surface area (Å²) in [6.07, 6.45) is 2.34. The van der Waals surface area contributed by atoms with Crippen molar-refractivity contribution >= 4 is 40.1 Å². The minimum absolute atomic E-state index is 0.489. The van der Waals surface area contributed by atoms with Gasteiger partial charge in [0.05, 0.1) is 12.0 Å². The Morgan fingerprint density at radius 3 is 2.83 bits per heavy atom. The average molecular weight is 408 g/mol. The van der Waals surface area contributed by atoms with Gasteiger partial charge in [0.2, 0.25) is 5.95 Å². The zero-order chi connectivity index (χ0) is 20.2. The molecule has 0 saturated heterocycles. The molecule has 0 fully saturated rings. The lowest BCUT2D eigenvalue weighted by Gasteiger charge is -2.19. The van der Waals surface area contributed by atoms with Crippen LogP contribution in [0.4, 0.5) is 17.3 Å². The number of hydrogen-bond donors (Lipinski definition) is 3. The van der Waals surface area contributed by atoms with Crippen LogP contribution >= 0.6 is 11.6 Å². The Hall–Kier alpha value is -3.16. The molecule has 7 nitrogen and oxygen atoms in total. The quantitative estimate of drug-likeness (QED) is 0.430. The second-order valence-electron chi connectivity index (χ2n) is 6.69. The summed E-state index contributed by atoms with van der Waals surface area (Å²) < 4.78 is 0. The summed E-state index contributed by atoms with van der Waals surface area (Å²) >= 11 is 6.05. The molecule has 0 aliphatic rings. The number of rotatable bonds is 7. The van der Waals surface area contributed by atoms with Crippen LogP contribution < -0.4 is 16.0 Å². The zero-order valence-electron chi connectivity index (χ0n) is 16.1. The van der Waals surface area contributed by atoms with Crippen LogP contribution in [0.1, 0.15) is 11.3 Å². The number of fused-ring (bicyclic) bond motifs is 1. The summed E-state index contributed by atoms with van der Waals surface area (Å²) in [7, 11) is 1.95. The highest BCUT2D eigenvalue weighted by molar-refractivity contribution is 6.30. The third-order valence-electron chi connectivity index (χ3n) is 4.69. The number of imidazole rings is 1. The maximum atomic E-state index is 6.05. The van der Waals surface area contributed by atoms with E-state index in [0.29, 0.717) is 30.5 Å². The fraction of sp³-hybridized carbons (Fsp3) is 0.190. The van der Waals surface area contributed by atoms with Crippen molar-refractivity contribution in [2.75, 3.05) is 23.8 Å². The van der Waals surface area contributed by atoms with Gasteiger partial charge < -0.3 is 20.9 Å². The number of anilines is 3. The van der Waals surface area contributed by atoms with E-state index in [4.69, 9.17) is 22.3 Å². The first kappa shape index (κ1) is 19.2. The Labute approximate surface area is 174 Å². The lowest BCUT2D eigenvalue weighted by molar-refractivity contribution is 0.939. The number of nitrogens with zero attached hydrogens (tertiary/aromatic N) is 4. The predicted molar refractivity (Wildman–Crippen MR) is 118 cm³/mol. The molecule has 0 radical (unpaired) electrons. The van der Waals surface area contributed by atoms with E-state index in [-0.39, 0.29) is 0 Å². The standard InChI is InChI=1S/C21H22ClN7/c1-29(17-7-2-4-14(10-17)12-23)21-27-18(19-20(28-21)26-13-25-19)8-9-24-16-6-3-5-15(22)11-16/h2-7,10-11,13,24H,8-9,12,23H2,1H3,(H,25,26,27,28). The molecule has 0 spiro atoms. The van der Waals surface area contributed by atoms with Crippen molar-refractivity contribution in [1.82, 2.24) is 19.9 Å². The van der Waals surface area contributed by atoms with Gasteiger partial charge >= 0.3 is 0 Å². The van der Waals surface area contributed by atoms with E-state index >= 15 is 0 Å². The number of benzene rings is 2. The molecule has 2 aromatic carbocycles. The van der Waals surface area contributed by atoms with E-state index in [0.717, 1.165) is 33.8 Å². The van der Waals surface area contributed by atoms with E-state index in [9.17, 15) is 0 Å². The van der Waals surface area contributed by atoms with Gasteiger partial charge in [-0.3, -0.25) is 0 Å². The Morgan fingerprint density at radius 1 is 1.14 bits per heavy atom. The van der Waals surface area contributed by atoms with Crippen LogP contribution in [0.5, 0.6) is 0 Å². The third kappa shape index (κ3) is 4.31. The van der Waals surface area contributed by atoms with Crippen LogP contribution in [-0.4, -0.2) is 33.5 Å². The van der Waals surface area contributed by atoms with Gasteiger partial charge in [-0.1, -0.05) is 29.8 Å². The molecular formula is C21H22ClN7. The first-order valence-corrected chi connectivity index (χ1v) is 9.74. The summed E-state index contributed by atoms with van der Waals surface area (Å²) in [5.74, 6) is 0.605. The Kier molecular flexibility index (Phi) is 5.59. The molecule has 2 heterocycles. The highest BCUT2D eigenvalue weighted by Gasteiger charge is 2.14. The first-order valence-electron chi connectivity index (χ1n) is 9.36. The van der Waals surface area contributed by atoms with Gasteiger partial charge in [-0.25, -0.2) is 9.97 Å². The highest BCUT2D eigenvalue weighted by atomic mass is 35.5. The van der Waals surface area contributed by atoms with E-state index in [1.54, 1.807) is 6.33 Å². The number of H-pyrrole nitrogens is 1. The van der Waals surface area contributed by atoms with Crippen LogP contribution in [0, 0.1) is 0 Å². The van der Waals surface area contributed by atoms with E-state index in [1.165, 1.54) is 0 Å². The van der Waals surface area contributed by atoms with Gasteiger partial charge in [0, 0.05) is 43.0 Å². The normalized spacial score (nSPS) is 11.0. The number of aromatic amines is 1. The molecule has 2 aromatic heterocycles. The van der Waals surface area contributed by atoms with Crippen LogP contribution in [0.25, 0.3) is 11.2 Å². The summed E-state index contributed by atoms with van der Waals surface area (Å²) in [6.45, 7) is 1.19. The van der Waals surface area contributed by atoms with Crippen molar-refractivity contribution < 1.29 is 0 Å². The van der Waals surface area contributed by atoms with Crippen LogP contribution in [0.15, 0.2) is 54.9 Å². The Morgan fingerprint density at radius 2 is 2.00 bits per heavy atom. The Balaban J connectivity index is 1.58. The molecule has 0 aliphatic heterocycles. The number of hydrogen-bond acceptors (Lipinski definition) is 6. The molecule has 0 bridgehead atoms. The van der Waals surface area contributed by atoms with Crippen molar-refractivity contribution in [3.63, 3.8) is 0 Å². The molecule has 0 amide bonds. The van der Waals surface area contributed by atoms with Crippen molar-refractivity contribution in [1.29, 1.82) is 0 Å². The van der Waals surface area contributed by atoms with Crippen LogP contribution in [0.3, 0.4) is 0 Å². The van der Waals surface area contributed by atoms with Gasteiger partial charge in [0.15, 0.2) is 5.65 Å². The second-order valence-corrected chi connectivity index (χ2v) is 7.13. The van der Waals surface area contributed by atoms with Crippen LogP contribution in [-0.2, 0) is 13.0 Å². The van der Waals surface area contributed by atoms with Crippen molar-refractivity contribution in [2.45, 2.75) is 13.0 Å². The van der Waals surface area contributed by atoms with Crippen molar-refractivity contribution in [2.24, 2.45) is 5.73 Å². The van der Waals surface area contributed by atoms with Gasteiger partial charge in [-0.05, 0) is 35.9 Å². The molecule has 0 aliphatic carbocycles. The van der Waals surface area contributed by atoms with E-state index in [2.05, 4.69) is 20.3 Å². The monoisotopic (exact) mass is 407 g/mol. The molecule has 29 heavy (non-hydrogen) atoms. The molecular weight excluding hydrogens is 386 g/mol. The largest absolute Gasteiger partial charge is 0.385 e. The molecule has 4 rings (SSSR count). The van der Waals surface area contributed by atoms with E-state index in [1.807, 2.05) is 60.5 Å². The zero-order valence-corrected chi connectivity index (χ0v) is 16.8. The van der Waals surface area contributed by atoms with Crippen molar-refractivity contribution in [3.8, 4) is 0 Å². The smallest absolute Gasteiger partial charge is 0.231 e. The predicted octanol–water partition coefficient (Wildman–Crippen LogP) is 3.89. The molecule has 0 saturated carbocycles. The number of nitrogens with one attached hydrogen (secondary N) is 2. The van der Waals surface area contributed by atoms with Gasteiger partial charge in [0.25, 0.3) is 0 Å². The maximum absolute atomic E-state index is 6.05. The molecule has 4 N–H and O–H groups in total. The Bertz CT molecular complexity index is 1120. The van der Waals surface area contributed by atoms with Gasteiger partial charge in [0.1, 0.15) is 5.52 Å². The summed E-state index contributed by atoms with van der Waals surface area (Å²) in [4.78, 5) is 18.9. The van der Waals surface area contributed by atoms with E-state index < -0.39 is 0 Å². The molecule has 4 aromatic rings. The summed E-state index contributed by atoms with van der Waals surface area (Å²) in [5.41, 5.74) is 11.2. The lowest BCUT2D eigenvalue weighted by atomic mass is 10.2. The van der Waals surface area contributed by atoms with Gasteiger partial charge in [-0.15, -0.1) is 0 Å². The van der Waals surface area contributed by atoms with Crippen molar-refractivity contribution in [3.05, 3.63) is 71.1 Å². The fourth-order valence-electron chi connectivity index (χ4n) is 3.14. The lowest BCUT2D eigenvalue weighted by Crippen LogP contribution is -2.16. The molecule has 148 valence electrons. The fourth-order valence-corrected chi connectivity index (χ4v) is 3.33. The topological polar surface area (TPSA) is 95.7 Å². The minimum atomic E-state index is 0.489. The second kappa shape index (κ2) is 8.46. The summed E-state index contributed by atoms with van der Waals surface area (Å²) in [5, 5.41) is 4.08. The molecule has 8 heteroatoms. The third-order valence-corrected chi connectivity index (χ3v) is 4.92. The number of aromatic nitrogens is 4. The van der Waals surface area contributed by atoms with Gasteiger partial charge in [-0.2, -0.15) is 4.98 Å². The first-order chi connectivity index (χ1) is 14.1. The molecule has 0 atom stereocenters. The SMILES string of the molecule is CN(c1cccc(CN)c1)c1nc(CCNc2cccc(Cl)c2)c2nc[nH]c2n1. The summed E-state index contributed by atoms with van der Waals surface area (Å²) in [6, 6.07) is 15.7. The van der Waals surface area contributed by atoms with Crippen LogP contribution in [0.2, 0.25) is 5.02 Å².